The number of aryl methyl sites for hydroxylation is 1. The van der Waals surface area contributed by atoms with Crippen LogP contribution >= 0.6 is 0 Å². The van der Waals surface area contributed by atoms with Crippen LogP contribution in [-0.4, -0.2) is 26.7 Å². The van der Waals surface area contributed by atoms with E-state index in [-0.39, 0.29) is 6.61 Å². The molecule has 0 fully saturated rings. The molecule has 0 radical (unpaired) electrons. The molecule has 0 unspecified atom stereocenters. The Bertz CT molecular complexity index is 437. The zero-order valence-corrected chi connectivity index (χ0v) is 7.70. The van der Waals surface area contributed by atoms with E-state index < -0.39 is 0 Å². The summed E-state index contributed by atoms with van der Waals surface area (Å²) in [6.07, 6.45) is 3.09. The van der Waals surface area contributed by atoms with Crippen LogP contribution in [0.25, 0.3) is 11.0 Å². The largest absolute Gasteiger partial charge is 0.396 e. The number of aliphatic hydroxyl groups excluding tert-OH is 1. The number of hydrogen-bond acceptors (Lipinski definition) is 4. The molecule has 0 spiro atoms. The molecule has 2 aromatic heterocycles. The highest BCUT2D eigenvalue weighted by Gasteiger charge is 2.04. The number of aromatic nitrogens is 3. The molecule has 0 aliphatic carbocycles. The average Bonchev–Trinajstić information content (AvgIpc) is 2.63. The van der Waals surface area contributed by atoms with Crippen LogP contribution in [-0.2, 0) is 6.42 Å². The summed E-state index contributed by atoms with van der Waals surface area (Å²) in [7, 11) is 0. The zero-order chi connectivity index (χ0) is 9.97. The van der Waals surface area contributed by atoms with Gasteiger partial charge in [0.25, 0.3) is 0 Å². The Morgan fingerprint density at radius 2 is 2.29 bits per heavy atom. The van der Waals surface area contributed by atoms with Gasteiger partial charge in [-0.1, -0.05) is 0 Å². The van der Waals surface area contributed by atoms with Gasteiger partial charge in [0, 0.05) is 19.2 Å². The minimum absolute atomic E-state index is 0.145. The first-order valence-electron chi connectivity index (χ1n) is 4.51. The molecule has 74 valence electrons. The van der Waals surface area contributed by atoms with Crippen LogP contribution in [0.5, 0.6) is 0 Å². The molecule has 0 bridgehead atoms. The number of anilines is 1. The average molecular weight is 192 g/mol. The molecule has 2 aromatic rings. The molecule has 0 aliphatic rings. The fourth-order valence-electron chi connectivity index (χ4n) is 1.36. The van der Waals surface area contributed by atoms with Crippen LogP contribution in [0.1, 0.15) is 12.2 Å². The summed E-state index contributed by atoms with van der Waals surface area (Å²) in [5.41, 5.74) is 6.49. The number of rotatable bonds is 3. The molecule has 4 N–H and O–H groups in total. The molecule has 0 amide bonds. The number of hydrogen-bond donors (Lipinski definition) is 3. The maximum Gasteiger partial charge on any atom is 0.143 e. The minimum Gasteiger partial charge on any atom is -0.396 e. The normalized spacial score (nSPS) is 10.9. The molecule has 0 saturated heterocycles. The maximum absolute atomic E-state index is 8.68. The second-order valence-electron chi connectivity index (χ2n) is 3.09. The fraction of sp³-hybridized carbons (Fsp3) is 0.333. The second-order valence-corrected chi connectivity index (χ2v) is 3.09. The summed E-state index contributed by atoms with van der Waals surface area (Å²) in [4.78, 5) is 11.4. The van der Waals surface area contributed by atoms with Crippen LogP contribution in [0.3, 0.4) is 0 Å². The molecule has 14 heavy (non-hydrogen) atoms. The van der Waals surface area contributed by atoms with Crippen molar-refractivity contribution in [3.05, 3.63) is 18.1 Å². The van der Waals surface area contributed by atoms with Gasteiger partial charge in [-0.05, 0) is 12.5 Å². The first kappa shape index (κ1) is 8.96. The monoisotopic (exact) mass is 192 g/mol. The van der Waals surface area contributed by atoms with Crippen LogP contribution < -0.4 is 5.73 Å². The van der Waals surface area contributed by atoms with Gasteiger partial charge in [-0.2, -0.15) is 0 Å². The number of fused-ring (bicyclic) bond motifs is 1. The molecule has 5 nitrogen and oxygen atoms in total. The molecule has 0 saturated carbocycles. The van der Waals surface area contributed by atoms with Crippen molar-refractivity contribution in [1.29, 1.82) is 0 Å². The van der Waals surface area contributed by atoms with Gasteiger partial charge in [-0.25, -0.2) is 9.97 Å². The van der Waals surface area contributed by atoms with Gasteiger partial charge >= 0.3 is 0 Å². The lowest BCUT2D eigenvalue weighted by Gasteiger charge is -2.00. The number of aromatic amines is 1. The van der Waals surface area contributed by atoms with Gasteiger partial charge in [-0.15, -0.1) is 0 Å². The van der Waals surface area contributed by atoms with E-state index in [4.69, 9.17) is 10.8 Å². The Kier molecular flexibility index (Phi) is 2.32. The first-order chi connectivity index (χ1) is 6.81. The van der Waals surface area contributed by atoms with Crippen molar-refractivity contribution in [2.75, 3.05) is 12.3 Å². The van der Waals surface area contributed by atoms with E-state index in [2.05, 4.69) is 15.0 Å². The topological polar surface area (TPSA) is 87.8 Å². The lowest BCUT2D eigenvalue weighted by molar-refractivity contribution is 0.287. The molecule has 0 aromatic carbocycles. The Labute approximate surface area is 81.0 Å². The summed E-state index contributed by atoms with van der Waals surface area (Å²) in [6, 6.07) is 1.85. The van der Waals surface area contributed by atoms with Crippen LogP contribution in [0.15, 0.2) is 12.3 Å². The van der Waals surface area contributed by atoms with E-state index in [1.807, 2.05) is 6.07 Å². The number of H-pyrrole nitrogens is 1. The lowest BCUT2D eigenvalue weighted by atomic mass is 10.3. The molecule has 0 atom stereocenters. The molecule has 2 heterocycles. The van der Waals surface area contributed by atoms with Gasteiger partial charge in [0.2, 0.25) is 0 Å². The van der Waals surface area contributed by atoms with E-state index >= 15 is 0 Å². The Morgan fingerprint density at radius 3 is 3.07 bits per heavy atom. The van der Waals surface area contributed by atoms with Crippen LogP contribution in [0, 0.1) is 0 Å². The van der Waals surface area contributed by atoms with Crippen molar-refractivity contribution in [1.82, 2.24) is 15.0 Å². The fourth-order valence-corrected chi connectivity index (χ4v) is 1.36. The molecular weight excluding hydrogens is 180 g/mol. The zero-order valence-electron chi connectivity index (χ0n) is 7.70. The molecule has 0 aliphatic heterocycles. The third-order valence-electron chi connectivity index (χ3n) is 2.05. The smallest absolute Gasteiger partial charge is 0.143 e. The van der Waals surface area contributed by atoms with Crippen molar-refractivity contribution in [3.8, 4) is 0 Å². The van der Waals surface area contributed by atoms with E-state index in [0.717, 1.165) is 11.0 Å². The number of nitrogen functional groups attached to an aromatic ring is 1. The Hall–Kier alpha value is -1.62. The van der Waals surface area contributed by atoms with Crippen molar-refractivity contribution < 1.29 is 5.11 Å². The lowest BCUT2D eigenvalue weighted by Crippen LogP contribution is -2.01. The van der Waals surface area contributed by atoms with E-state index in [1.54, 1.807) is 6.20 Å². The maximum atomic E-state index is 8.68. The van der Waals surface area contributed by atoms with E-state index in [0.29, 0.717) is 24.5 Å². The van der Waals surface area contributed by atoms with Crippen LogP contribution in [0.2, 0.25) is 0 Å². The summed E-state index contributed by atoms with van der Waals surface area (Å²) >= 11 is 0. The van der Waals surface area contributed by atoms with E-state index in [9.17, 15) is 0 Å². The van der Waals surface area contributed by atoms with Gasteiger partial charge in [0.1, 0.15) is 17.3 Å². The van der Waals surface area contributed by atoms with Crippen molar-refractivity contribution in [2.45, 2.75) is 12.8 Å². The molecular formula is C9H12N4O. The quantitative estimate of drug-likeness (QED) is 0.659. The number of aliphatic hydroxyl groups is 1. The van der Waals surface area contributed by atoms with Crippen LogP contribution in [0.4, 0.5) is 5.82 Å². The predicted octanol–water partition coefficient (Wildman–Crippen LogP) is 0.465. The number of nitrogens with two attached hydrogens (primary N) is 1. The first-order valence-corrected chi connectivity index (χ1v) is 4.51. The Balaban J connectivity index is 2.38. The highest BCUT2D eigenvalue weighted by Crippen LogP contribution is 2.16. The molecule has 2 rings (SSSR count). The summed E-state index contributed by atoms with van der Waals surface area (Å²) in [5.74, 6) is 1.16. The number of nitrogens with one attached hydrogen (secondary N) is 1. The van der Waals surface area contributed by atoms with Crippen molar-refractivity contribution in [3.63, 3.8) is 0 Å². The predicted molar refractivity (Wildman–Crippen MR) is 53.7 cm³/mol. The van der Waals surface area contributed by atoms with Crippen molar-refractivity contribution in [2.24, 2.45) is 0 Å². The standard InChI is InChI=1S/C9H12N4O/c10-8-6-3-4-11-9(6)13-7(12-8)2-1-5-14/h3-4,14H,1-2,5H2,(H3,10,11,12,13). The van der Waals surface area contributed by atoms with E-state index in [1.165, 1.54) is 0 Å². The third-order valence-corrected chi connectivity index (χ3v) is 2.05. The third kappa shape index (κ3) is 1.54. The highest BCUT2D eigenvalue weighted by atomic mass is 16.2. The van der Waals surface area contributed by atoms with Gasteiger partial charge < -0.3 is 15.8 Å². The summed E-state index contributed by atoms with van der Waals surface area (Å²) < 4.78 is 0. The summed E-state index contributed by atoms with van der Waals surface area (Å²) in [5, 5.41) is 9.52. The molecule has 5 heteroatoms. The highest BCUT2D eigenvalue weighted by molar-refractivity contribution is 5.85. The Morgan fingerprint density at radius 1 is 1.43 bits per heavy atom. The SMILES string of the molecule is Nc1nc(CCCO)nc2[nH]ccc12. The van der Waals surface area contributed by atoms with Gasteiger partial charge in [0.05, 0.1) is 5.39 Å². The summed E-state index contributed by atoms with van der Waals surface area (Å²) in [6.45, 7) is 0.145. The van der Waals surface area contributed by atoms with Crippen molar-refractivity contribution >= 4 is 16.9 Å². The van der Waals surface area contributed by atoms with Gasteiger partial charge in [0.15, 0.2) is 0 Å². The minimum atomic E-state index is 0.145. The second kappa shape index (κ2) is 3.63. The number of nitrogens with zero attached hydrogens (tertiary/aromatic N) is 2. The van der Waals surface area contributed by atoms with Gasteiger partial charge in [-0.3, -0.25) is 0 Å².